The van der Waals surface area contributed by atoms with Gasteiger partial charge in [-0.15, -0.1) is 0 Å². The number of nitrogens with zero attached hydrogens (tertiary/aromatic N) is 2. The quantitative estimate of drug-likeness (QED) is 0.503. The van der Waals surface area contributed by atoms with E-state index in [9.17, 15) is 19.2 Å². The number of amides is 5. The second kappa shape index (κ2) is 8.17. The van der Waals surface area contributed by atoms with E-state index < -0.39 is 23.4 Å². The molecule has 1 aromatic rings. The molecule has 1 fully saturated rings. The monoisotopic (exact) mass is 376 g/mol. The molecule has 0 radical (unpaired) electrons. The third kappa shape index (κ3) is 4.25. The summed E-state index contributed by atoms with van der Waals surface area (Å²) in [4.78, 5) is 51.3. The van der Waals surface area contributed by atoms with Crippen LogP contribution in [-0.2, 0) is 19.9 Å². The van der Waals surface area contributed by atoms with E-state index in [4.69, 9.17) is 0 Å². The SMILES string of the molecule is CC[C@@]1(c2ccccc2)NC(=O)N(NC(=O)C[NH+](C)CC(=O)N(C)C)C1=O. The molecule has 0 bridgehead atoms. The zero-order valence-corrected chi connectivity index (χ0v) is 16.0. The van der Waals surface area contributed by atoms with E-state index in [0.717, 1.165) is 5.01 Å². The Morgan fingerprint density at radius 3 is 2.37 bits per heavy atom. The fourth-order valence-corrected chi connectivity index (χ4v) is 2.96. The lowest BCUT2D eigenvalue weighted by molar-refractivity contribution is -0.863. The van der Waals surface area contributed by atoms with Crippen LogP contribution >= 0.6 is 0 Å². The zero-order valence-electron chi connectivity index (χ0n) is 16.0. The molecule has 27 heavy (non-hydrogen) atoms. The molecule has 146 valence electrons. The van der Waals surface area contributed by atoms with Crippen LogP contribution in [-0.4, -0.2) is 67.9 Å². The van der Waals surface area contributed by atoms with Gasteiger partial charge in [0.15, 0.2) is 13.1 Å². The van der Waals surface area contributed by atoms with Crippen molar-refractivity contribution in [3.63, 3.8) is 0 Å². The predicted molar refractivity (Wildman–Crippen MR) is 97.2 cm³/mol. The van der Waals surface area contributed by atoms with Gasteiger partial charge in [-0.3, -0.25) is 19.8 Å². The molecule has 0 saturated carbocycles. The van der Waals surface area contributed by atoms with Crippen molar-refractivity contribution in [3.05, 3.63) is 35.9 Å². The molecule has 1 aliphatic rings. The first kappa shape index (κ1) is 20.4. The van der Waals surface area contributed by atoms with E-state index in [1.807, 2.05) is 6.07 Å². The summed E-state index contributed by atoms with van der Waals surface area (Å²) >= 11 is 0. The molecule has 9 heteroatoms. The maximum absolute atomic E-state index is 12.9. The van der Waals surface area contributed by atoms with Crippen molar-refractivity contribution in [1.29, 1.82) is 0 Å². The first-order chi connectivity index (χ1) is 12.7. The molecule has 2 rings (SSSR count). The van der Waals surface area contributed by atoms with Gasteiger partial charge < -0.3 is 15.1 Å². The molecule has 1 aliphatic heterocycles. The number of carbonyl (C=O) groups is 4. The lowest BCUT2D eigenvalue weighted by atomic mass is 9.87. The highest BCUT2D eigenvalue weighted by molar-refractivity contribution is 6.08. The molecular formula is C18H26N5O4+. The van der Waals surface area contributed by atoms with Gasteiger partial charge in [0.25, 0.3) is 17.7 Å². The third-order valence-corrected chi connectivity index (χ3v) is 4.54. The smallest absolute Gasteiger partial charge is 0.344 e. The normalized spacial score (nSPS) is 20.2. The van der Waals surface area contributed by atoms with E-state index in [2.05, 4.69) is 10.7 Å². The summed E-state index contributed by atoms with van der Waals surface area (Å²) in [6, 6.07) is 8.23. The van der Waals surface area contributed by atoms with Crippen LogP contribution in [0.3, 0.4) is 0 Å². The van der Waals surface area contributed by atoms with Crippen LogP contribution in [0.2, 0.25) is 0 Å². The number of nitrogens with one attached hydrogen (secondary N) is 3. The summed E-state index contributed by atoms with van der Waals surface area (Å²) in [5.74, 6) is -1.18. The Labute approximate surface area is 158 Å². The zero-order chi connectivity index (χ0) is 20.2. The largest absolute Gasteiger partial charge is 0.344 e. The summed E-state index contributed by atoms with van der Waals surface area (Å²) in [5.41, 5.74) is 1.81. The van der Waals surface area contributed by atoms with E-state index >= 15 is 0 Å². The highest BCUT2D eigenvalue weighted by atomic mass is 16.2. The predicted octanol–water partition coefficient (Wildman–Crippen LogP) is -1.52. The Hall–Kier alpha value is -2.94. The van der Waals surface area contributed by atoms with Crippen LogP contribution in [0, 0.1) is 0 Å². The van der Waals surface area contributed by atoms with Gasteiger partial charge in [0.05, 0.1) is 7.05 Å². The minimum absolute atomic E-state index is 0.0545. The van der Waals surface area contributed by atoms with Crippen molar-refractivity contribution in [2.75, 3.05) is 34.2 Å². The van der Waals surface area contributed by atoms with Crippen LogP contribution in [0.25, 0.3) is 0 Å². The van der Waals surface area contributed by atoms with Crippen LogP contribution in [0.15, 0.2) is 30.3 Å². The summed E-state index contributed by atoms with van der Waals surface area (Å²) in [7, 11) is 4.96. The maximum atomic E-state index is 12.9. The molecule has 0 spiro atoms. The molecular weight excluding hydrogens is 350 g/mol. The molecule has 1 heterocycles. The Bertz CT molecular complexity index is 737. The highest BCUT2D eigenvalue weighted by Crippen LogP contribution is 2.31. The first-order valence-electron chi connectivity index (χ1n) is 8.74. The lowest BCUT2D eigenvalue weighted by Gasteiger charge is -2.25. The van der Waals surface area contributed by atoms with Crippen molar-refractivity contribution in [2.24, 2.45) is 0 Å². The molecule has 3 N–H and O–H groups in total. The number of likely N-dealkylation sites (N-methyl/N-ethyl adjacent to an activating group) is 2. The minimum atomic E-state index is -1.20. The second-order valence-electron chi connectivity index (χ2n) is 6.83. The Balaban J connectivity index is 2.07. The van der Waals surface area contributed by atoms with E-state index in [1.54, 1.807) is 52.3 Å². The topological polar surface area (TPSA) is 103 Å². The third-order valence-electron chi connectivity index (χ3n) is 4.54. The Morgan fingerprint density at radius 2 is 1.81 bits per heavy atom. The van der Waals surface area contributed by atoms with Crippen molar-refractivity contribution in [3.8, 4) is 0 Å². The number of hydrazine groups is 1. The van der Waals surface area contributed by atoms with Gasteiger partial charge in [-0.2, -0.15) is 5.01 Å². The van der Waals surface area contributed by atoms with Crippen molar-refractivity contribution >= 4 is 23.8 Å². The summed E-state index contributed by atoms with van der Waals surface area (Å²) in [5, 5.41) is 3.42. The summed E-state index contributed by atoms with van der Waals surface area (Å²) < 4.78 is 0. The number of hydrogen-bond donors (Lipinski definition) is 3. The van der Waals surface area contributed by atoms with Crippen LogP contribution in [0.4, 0.5) is 4.79 Å². The molecule has 0 aliphatic carbocycles. The average molecular weight is 376 g/mol. The number of hydrogen-bond acceptors (Lipinski definition) is 4. The van der Waals surface area contributed by atoms with E-state index in [0.29, 0.717) is 16.9 Å². The number of urea groups is 1. The average Bonchev–Trinajstić information content (AvgIpc) is 2.87. The number of carbonyl (C=O) groups excluding carboxylic acids is 4. The highest BCUT2D eigenvalue weighted by Gasteiger charge is 2.52. The standard InChI is InChI=1S/C18H25N5O4/c1-5-18(13-9-7-6-8-10-13)16(26)23(17(27)19-18)20-14(24)11-22(4)12-15(25)21(2)3/h6-10H,5,11-12H2,1-4H3,(H,19,27)(H,20,24)/p+1/t18-/m0/s1. The number of quaternary nitrogens is 1. The van der Waals surface area contributed by atoms with Crippen molar-refractivity contribution in [2.45, 2.75) is 18.9 Å². The number of rotatable bonds is 7. The van der Waals surface area contributed by atoms with Gasteiger partial charge in [0.2, 0.25) is 0 Å². The fraction of sp³-hybridized carbons (Fsp3) is 0.444. The number of benzene rings is 1. The lowest BCUT2D eigenvalue weighted by Crippen LogP contribution is -3.11. The Morgan fingerprint density at radius 1 is 1.19 bits per heavy atom. The van der Waals surface area contributed by atoms with E-state index in [-0.39, 0.29) is 19.0 Å². The molecule has 1 saturated heterocycles. The molecule has 2 atom stereocenters. The maximum Gasteiger partial charge on any atom is 0.344 e. The van der Waals surface area contributed by atoms with Gasteiger partial charge in [0, 0.05) is 14.1 Å². The summed E-state index contributed by atoms with van der Waals surface area (Å²) in [6.45, 7) is 1.87. The van der Waals surface area contributed by atoms with Crippen molar-refractivity contribution in [1.82, 2.24) is 20.7 Å². The van der Waals surface area contributed by atoms with Gasteiger partial charge in [-0.25, -0.2) is 4.79 Å². The van der Waals surface area contributed by atoms with E-state index in [1.165, 1.54) is 4.90 Å². The molecule has 1 aromatic carbocycles. The van der Waals surface area contributed by atoms with Crippen LogP contribution in [0.5, 0.6) is 0 Å². The molecule has 5 amide bonds. The van der Waals surface area contributed by atoms with Gasteiger partial charge in [0.1, 0.15) is 5.54 Å². The summed E-state index contributed by atoms with van der Waals surface area (Å²) in [6.07, 6.45) is 0.344. The Kier molecular flexibility index (Phi) is 6.17. The second-order valence-corrected chi connectivity index (χ2v) is 6.83. The van der Waals surface area contributed by atoms with Gasteiger partial charge in [-0.1, -0.05) is 37.3 Å². The van der Waals surface area contributed by atoms with Crippen LogP contribution in [0.1, 0.15) is 18.9 Å². The molecule has 1 unspecified atom stereocenters. The van der Waals surface area contributed by atoms with Gasteiger partial charge >= 0.3 is 6.03 Å². The van der Waals surface area contributed by atoms with Crippen LogP contribution < -0.4 is 15.6 Å². The molecule has 9 nitrogen and oxygen atoms in total. The fourth-order valence-electron chi connectivity index (χ4n) is 2.96. The number of imide groups is 1. The molecule has 0 aromatic heterocycles. The first-order valence-corrected chi connectivity index (χ1v) is 8.74. The van der Waals surface area contributed by atoms with Crippen molar-refractivity contribution < 1.29 is 24.1 Å². The minimum Gasteiger partial charge on any atom is -0.344 e. The van der Waals surface area contributed by atoms with Gasteiger partial charge in [-0.05, 0) is 12.0 Å².